The highest BCUT2D eigenvalue weighted by Gasteiger charge is 2.12. The van der Waals surface area contributed by atoms with Crippen LogP contribution in [0.4, 0.5) is 4.39 Å². The van der Waals surface area contributed by atoms with Crippen molar-refractivity contribution in [3.8, 4) is 33.9 Å². The molecule has 0 aliphatic carbocycles. The van der Waals surface area contributed by atoms with Crippen LogP contribution in [-0.4, -0.2) is 9.97 Å². The van der Waals surface area contributed by atoms with Gasteiger partial charge in [-0.15, -0.1) is 0 Å². The Hall–Kier alpha value is -3.33. The molecule has 0 unspecified atom stereocenters. The molecule has 0 spiro atoms. The van der Waals surface area contributed by atoms with E-state index in [9.17, 15) is 4.39 Å². The van der Waals surface area contributed by atoms with Crippen LogP contribution in [0.3, 0.4) is 0 Å². The molecule has 0 bridgehead atoms. The average Bonchev–Trinajstić information content (AvgIpc) is 2.69. The van der Waals surface area contributed by atoms with Crippen LogP contribution in [0.15, 0.2) is 91.0 Å². The zero-order valence-corrected chi connectivity index (χ0v) is 13.4. The third kappa shape index (κ3) is 3.17. The molecular formula is C22H15FN2. The normalized spacial score (nSPS) is 10.6. The molecule has 0 aliphatic heterocycles. The molecule has 0 atom stereocenters. The third-order valence-electron chi connectivity index (χ3n) is 3.98. The Kier molecular flexibility index (Phi) is 4.05. The fourth-order valence-corrected chi connectivity index (χ4v) is 2.73. The molecule has 3 heteroatoms. The van der Waals surface area contributed by atoms with Gasteiger partial charge >= 0.3 is 0 Å². The SMILES string of the molecule is Fc1ccccc1-c1cc(-c2ccccc2)nc(-c2ccccc2)n1. The van der Waals surface area contributed by atoms with Crippen molar-refractivity contribution in [1.29, 1.82) is 0 Å². The summed E-state index contributed by atoms with van der Waals surface area (Å²) in [5, 5.41) is 0. The molecule has 0 saturated heterocycles. The molecule has 1 heterocycles. The van der Waals surface area contributed by atoms with Gasteiger partial charge in [0, 0.05) is 16.7 Å². The van der Waals surface area contributed by atoms with E-state index in [-0.39, 0.29) is 5.82 Å². The zero-order valence-electron chi connectivity index (χ0n) is 13.4. The van der Waals surface area contributed by atoms with Crippen molar-refractivity contribution < 1.29 is 4.39 Å². The quantitative estimate of drug-likeness (QED) is 0.488. The van der Waals surface area contributed by atoms with Crippen molar-refractivity contribution in [2.24, 2.45) is 0 Å². The van der Waals surface area contributed by atoms with Crippen molar-refractivity contribution >= 4 is 0 Å². The molecule has 0 N–H and O–H groups in total. The summed E-state index contributed by atoms with van der Waals surface area (Å²) < 4.78 is 14.3. The van der Waals surface area contributed by atoms with E-state index in [1.807, 2.05) is 72.8 Å². The molecule has 4 rings (SSSR count). The van der Waals surface area contributed by atoms with Crippen LogP contribution < -0.4 is 0 Å². The van der Waals surface area contributed by atoms with Gasteiger partial charge in [0.1, 0.15) is 5.82 Å². The molecule has 120 valence electrons. The smallest absolute Gasteiger partial charge is 0.160 e. The number of aromatic nitrogens is 2. The van der Waals surface area contributed by atoms with Crippen molar-refractivity contribution in [1.82, 2.24) is 9.97 Å². The maximum absolute atomic E-state index is 14.3. The van der Waals surface area contributed by atoms with Gasteiger partial charge in [0.05, 0.1) is 11.4 Å². The lowest BCUT2D eigenvalue weighted by atomic mass is 10.1. The maximum Gasteiger partial charge on any atom is 0.160 e. The summed E-state index contributed by atoms with van der Waals surface area (Å²) in [7, 11) is 0. The van der Waals surface area contributed by atoms with Crippen LogP contribution >= 0.6 is 0 Å². The molecule has 0 fully saturated rings. The minimum atomic E-state index is -0.292. The maximum atomic E-state index is 14.3. The molecule has 25 heavy (non-hydrogen) atoms. The highest BCUT2D eigenvalue weighted by atomic mass is 19.1. The average molecular weight is 326 g/mol. The van der Waals surface area contributed by atoms with E-state index in [1.165, 1.54) is 6.07 Å². The number of hydrogen-bond acceptors (Lipinski definition) is 2. The van der Waals surface area contributed by atoms with Gasteiger partial charge in [-0.25, -0.2) is 14.4 Å². The first-order valence-corrected chi connectivity index (χ1v) is 8.06. The second kappa shape index (κ2) is 6.65. The van der Waals surface area contributed by atoms with E-state index < -0.39 is 0 Å². The largest absolute Gasteiger partial charge is 0.228 e. The van der Waals surface area contributed by atoms with Crippen LogP contribution in [0.1, 0.15) is 0 Å². The summed E-state index contributed by atoms with van der Waals surface area (Å²) in [6, 6.07) is 28.1. The Bertz CT molecular complexity index is 941. The molecule has 0 aliphatic rings. The van der Waals surface area contributed by atoms with E-state index in [0.29, 0.717) is 17.1 Å². The Morgan fingerprint density at radius 1 is 0.560 bits per heavy atom. The topological polar surface area (TPSA) is 25.8 Å². The molecule has 0 saturated carbocycles. The Labute approximate surface area is 145 Å². The van der Waals surface area contributed by atoms with Crippen LogP contribution in [0.2, 0.25) is 0 Å². The van der Waals surface area contributed by atoms with Gasteiger partial charge in [-0.2, -0.15) is 0 Å². The highest BCUT2D eigenvalue weighted by molar-refractivity contribution is 5.71. The van der Waals surface area contributed by atoms with Crippen LogP contribution in [0, 0.1) is 5.82 Å². The Morgan fingerprint density at radius 3 is 1.80 bits per heavy atom. The fourth-order valence-electron chi connectivity index (χ4n) is 2.73. The van der Waals surface area contributed by atoms with Crippen LogP contribution in [0.25, 0.3) is 33.9 Å². The predicted molar refractivity (Wildman–Crippen MR) is 98.3 cm³/mol. The van der Waals surface area contributed by atoms with Gasteiger partial charge in [-0.3, -0.25) is 0 Å². The Balaban J connectivity index is 1.94. The first-order chi connectivity index (χ1) is 12.3. The van der Waals surface area contributed by atoms with E-state index in [2.05, 4.69) is 4.98 Å². The standard InChI is InChI=1S/C22H15FN2/c23-19-14-8-7-13-18(19)21-15-20(16-9-3-1-4-10-16)24-22(25-21)17-11-5-2-6-12-17/h1-15H. The van der Waals surface area contributed by atoms with Crippen molar-refractivity contribution in [3.05, 3.63) is 96.8 Å². The van der Waals surface area contributed by atoms with Crippen molar-refractivity contribution in [2.75, 3.05) is 0 Å². The van der Waals surface area contributed by atoms with Gasteiger partial charge < -0.3 is 0 Å². The zero-order chi connectivity index (χ0) is 17.1. The molecule has 1 aromatic heterocycles. The lowest BCUT2D eigenvalue weighted by Crippen LogP contribution is -1.96. The summed E-state index contributed by atoms with van der Waals surface area (Å²) >= 11 is 0. The van der Waals surface area contributed by atoms with Crippen molar-refractivity contribution in [3.63, 3.8) is 0 Å². The van der Waals surface area contributed by atoms with Gasteiger partial charge in [-0.05, 0) is 18.2 Å². The van der Waals surface area contributed by atoms with Gasteiger partial charge in [-0.1, -0.05) is 72.8 Å². The summed E-state index contributed by atoms with van der Waals surface area (Å²) in [6.45, 7) is 0. The third-order valence-corrected chi connectivity index (χ3v) is 3.98. The first kappa shape index (κ1) is 15.2. The second-order valence-electron chi connectivity index (χ2n) is 5.67. The lowest BCUT2D eigenvalue weighted by molar-refractivity contribution is 0.630. The molecule has 3 aromatic carbocycles. The molecule has 0 radical (unpaired) electrons. The number of halogens is 1. The van der Waals surface area contributed by atoms with Crippen LogP contribution in [-0.2, 0) is 0 Å². The van der Waals surface area contributed by atoms with E-state index in [1.54, 1.807) is 12.1 Å². The minimum absolute atomic E-state index is 0.292. The first-order valence-electron chi connectivity index (χ1n) is 8.06. The monoisotopic (exact) mass is 326 g/mol. The van der Waals surface area contributed by atoms with E-state index in [4.69, 9.17) is 4.98 Å². The predicted octanol–water partition coefficient (Wildman–Crippen LogP) is 5.62. The summed E-state index contributed by atoms with van der Waals surface area (Å²) in [5.41, 5.74) is 3.69. The number of benzene rings is 3. The number of rotatable bonds is 3. The summed E-state index contributed by atoms with van der Waals surface area (Å²) in [6.07, 6.45) is 0. The van der Waals surface area contributed by atoms with E-state index >= 15 is 0 Å². The van der Waals surface area contributed by atoms with E-state index in [0.717, 1.165) is 16.8 Å². The highest BCUT2D eigenvalue weighted by Crippen LogP contribution is 2.28. The van der Waals surface area contributed by atoms with Gasteiger partial charge in [0.2, 0.25) is 0 Å². The molecule has 0 amide bonds. The molecular weight excluding hydrogens is 311 g/mol. The second-order valence-corrected chi connectivity index (χ2v) is 5.67. The summed E-state index contributed by atoms with van der Waals surface area (Å²) in [4.78, 5) is 9.30. The minimum Gasteiger partial charge on any atom is -0.228 e. The summed E-state index contributed by atoms with van der Waals surface area (Å²) in [5.74, 6) is 0.291. The number of nitrogens with zero attached hydrogens (tertiary/aromatic N) is 2. The molecule has 2 nitrogen and oxygen atoms in total. The van der Waals surface area contributed by atoms with Gasteiger partial charge in [0.15, 0.2) is 5.82 Å². The fraction of sp³-hybridized carbons (Fsp3) is 0. The Morgan fingerprint density at radius 2 is 1.12 bits per heavy atom. The lowest BCUT2D eigenvalue weighted by Gasteiger charge is -2.09. The number of hydrogen-bond donors (Lipinski definition) is 0. The molecule has 4 aromatic rings. The van der Waals surface area contributed by atoms with Gasteiger partial charge in [0.25, 0.3) is 0 Å². The van der Waals surface area contributed by atoms with Crippen molar-refractivity contribution in [2.45, 2.75) is 0 Å². The van der Waals surface area contributed by atoms with Crippen LogP contribution in [0.5, 0.6) is 0 Å².